The molecular weight excluding hydrogens is 581 g/mol. The normalized spacial score (nSPS) is 17.9. The van der Waals surface area contributed by atoms with Crippen molar-refractivity contribution in [1.29, 1.82) is 0 Å². The number of hydrogen-bond donors (Lipinski definition) is 3. The van der Waals surface area contributed by atoms with Crippen molar-refractivity contribution in [3.05, 3.63) is 34.2 Å². The minimum absolute atomic E-state index is 0.0206. The summed E-state index contributed by atoms with van der Waals surface area (Å²) < 4.78 is 38.9. The summed E-state index contributed by atoms with van der Waals surface area (Å²) in [4.78, 5) is 31.2. The zero-order valence-corrected chi connectivity index (χ0v) is 26.2. The van der Waals surface area contributed by atoms with Crippen molar-refractivity contribution in [3.8, 4) is 0 Å². The Morgan fingerprint density at radius 2 is 1.74 bits per heavy atom. The fourth-order valence-electron chi connectivity index (χ4n) is 5.57. The SMILES string of the molecule is CC(=O)N(C[C@H](O)CO)c1cc(C)c(/C=C/SN2CCC3(CC2)N=C(CCCCCCCCC(F)(F)F)NC3=O)c(C)c1. The number of alkyl halides is 3. The number of aryl methyl sites for hydroxylation is 2. The lowest BCUT2D eigenvalue weighted by atomic mass is 9.89. The Morgan fingerprint density at radius 1 is 1.14 bits per heavy atom. The molecule has 1 saturated heterocycles. The summed E-state index contributed by atoms with van der Waals surface area (Å²) in [6.07, 6.45) is 2.43. The first-order valence-corrected chi connectivity index (χ1v) is 15.9. The Hall–Kier alpha value is -2.41. The predicted octanol–water partition coefficient (Wildman–Crippen LogP) is 5.67. The molecule has 240 valence electrons. The second-order valence-corrected chi connectivity index (χ2v) is 12.6. The fourth-order valence-corrected chi connectivity index (χ4v) is 6.33. The Kier molecular flexibility index (Phi) is 13.1. The number of aliphatic hydroxyl groups is 2. The summed E-state index contributed by atoms with van der Waals surface area (Å²) in [5.41, 5.74) is 2.99. The average molecular weight is 627 g/mol. The van der Waals surface area contributed by atoms with E-state index in [0.29, 0.717) is 31.4 Å². The lowest BCUT2D eigenvalue weighted by Gasteiger charge is -2.34. The molecule has 2 aliphatic heterocycles. The molecule has 0 radical (unpaired) electrons. The molecule has 0 aliphatic carbocycles. The van der Waals surface area contributed by atoms with Crippen LogP contribution < -0.4 is 10.2 Å². The van der Waals surface area contributed by atoms with Gasteiger partial charge in [0, 0.05) is 38.5 Å². The molecule has 0 aromatic heterocycles. The van der Waals surface area contributed by atoms with Crippen LogP contribution in [-0.4, -0.2) is 76.2 Å². The molecule has 1 aromatic carbocycles. The number of amides is 2. The van der Waals surface area contributed by atoms with Crippen molar-refractivity contribution in [2.45, 2.75) is 103 Å². The molecule has 1 spiro atoms. The number of aliphatic imine (C=N–C) groups is 1. The van der Waals surface area contributed by atoms with Gasteiger partial charge in [-0.15, -0.1) is 0 Å². The van der Waals surface area contributed by atoms with Gasteiger partial charge in [0.2, 0.25) is 5.91 Å². The van der Waals surface area contributed by atoms with E-state index in [2.05, 4.69) is 9.62 Å². The summed E-state index contributed by atoms with van der Waals surface area (Å²) in [6, 6.07) is 3.81. The highest BCUT2D eigenvalue weighted by Crippen LogP contribution is 2.34. The van der Waals surface area contributed by atoms with Crippen LogP contribution in [0.15, 0.2) is 22.5 Å². The third-order valence-electron chi connectivity index (χ3n) is 8.02. The Morgan fingerprint density at radius 3 is 2.33 bits per heavy atom. The van der Waals surface area contributed by atoms with Crippen LogP contribution in [0.2, 0.25) is 0 Å². The van der Waals surface area contributed by atoms with E-state index in [9.17, 15) is 33.0 Å². The number of anilines is 1. The third-order valence-corrected chi connectivity index (χ3v) is 8.94. The zero-order valence-electron chi connectivity index (χ0n) is 25.4. The molecule has 43 heavy (non-hydrogen) atoms. The Bertz CT molecular complexity index is 1140. The molecule has 2 aliphatic rings. The van der Waals surface area contributed by atoms with E-state index < -0.39 is 30.8 Å². The number of carbonyl (C=O) groups excluding carboxylic acids is 2. The van der Waals surface area contributed by atoms with Crippen molar-refractivity contribution in [1.82, 2.24) is 9.62 Å². The van der Waals surface area contributed by atoms with Gasteiger partial charge in [-0.05, 0) is 79.8 Å². The lowest BCUT2D eigenvalue weighted by molar-refractivity contribution is -0.135. The number of carbonyl (C=O) groups is 2. The fraction of sp³-hybridized carbons (Fsp3) is 0.645. The third kappa shape index (κ3) is 10.6. The highest BCUT2D eigenvalue weighted by atomic mass is 32.2. The van der Waals surface area contributed by atoms with E-state index >= 15 is 0 Å². The number of benzene rings is 1. The molecule has 3 rings (SSSR count). The van der Waals surface area contributed by atoms with Crippen LogP contribution in [-0.2, 0) is 9.59 Å². The van der Waals surface area contributed by atoms with Crippen molar-refractivity contribution in [3.63, 3.8) is 0 Å². The summed E-state index contributed by atoms with van der Waals surface area (Å²) in [7, 11) is 0. The second-order valence-electron chi connectivity index (χ2n) is 11.6. The van der Waals surface area contributed by atoms with Crippen molar-refractivity contribution in [2.24, 2.45) is 4.99 Å². The molecule has 0 unspecified atom stereocenters. The number of nitrogens with zero attached hydrogens (tertiary/aromatic N) is 3. The van der Waals surface area contributed by atoms with Crippen LogP contribution in [0.4, 0.5) is 18.9 Å². The monoisotopic (exact) mass is 626 g/mol. The molecule has 1 atom stereocenters. The van der Waals surface area contributed by atoms with E-state index in [1.165, 1.54) is 11.8 Å². The molecule has 0 saturated carbocycles. The molecule has 3 N–H and O–H groups in total. The van der Waals surface area contributed by atoms with Gasteiger partial charge in [-0.1, -0.05) is 37.6 Å². The maximum atomic E-state index is 12.8. The molecule has 1 fully saturated rings. The van der Waals surface area contributed by atoms with E-state index in [1.807, 2.05) is 37.5 Å². The maximum Gasteiger partial charge on any atom is 0.389 e. The summed E-state index contributed by atoms with van der Waals surface area (Å²) in [6.45, 7) is 6.41. The highest BCUT2D eigenvalue weighted by Gasteiger charge is 2.45. The maximum absolute atomic E-state index is 12.8. The number of aliphatic hydroxyl groups excluding tert-OH is 2. The first-order valence-electron chi connectivity index (χ1n) is 15.1. The molecule has 2 amide bonds. The van der Waals surface area contributed by atoms with Gasteiger partial charge in [0.05, 0.1) is 19.3 Å². The second kappa shape index (κ2) is 16.1. The van der Waals surface area contributed by atoms with Crippen LogP contribution in [0.5, 0.6) is 0 Å². The van der Waals surface area contributed by atoms with Gasteiger partial charge in [-0.3, -0.25) is 14.6 Å². The largest absolute Gasteiger partial charge is 0.394 e. The number of nitrogens with one attached hydrogen (secondary N) is 1. The molecule has 12 heteroatoms. The van der Waals surface area contributed by atoms with Crippen molar-refractivity contribution in [2.75, 3.05) is 31.1 Å². The van der Waals surface area contributed by atoms with Gasteiger partial charge < -0.3 is 20.4 Å². The minimum atomic E-state index is -4.07. The van der Waals surface area contributed by atoms with Gasteiger partial charge in [0.15, 0.2) is 0 Å². The molecule has 1 aromatic rings. The Labute approximate surface area is 256 Å². The minimum Gasteiger partial charge on any atom is -0.394 e. The summed E-state index contributed by atoms with van der Waals surface area (Å²) in [5.74, 6) is 0.482. The number of amidine groups is 1. The summed E-state index contributed by atoms with van der Waals surface area (Å²) >= 11 is 1.59. The van der Waals surface area contributed by atoms with Gasteiger partial charge in [-0.2, -0.15) is 13.2 Å². The molecular formula is C31H45F3N4O4S. The summed E-state index contributed by atoms with van der Waals surface area (Å²) in [5, 5.41) is 24.0. The Balaban J connectivity index is 1.45. The van der Waals surface area contributed by atoms with Crippen LogP contribution in [0, 0.1) is 13.8 Å². The van der Waals surface area contributed by atoms with E-state index in [4.69, 9.17) is 4.99 Å². The van der Waals surface area contributed by atoms with Gasteiger partial charge in [-0.25, -0.2) is 4.31 Å². The molecule has 0 bridgehead atoms. The predicted molar refractivity (Wildman–Crippen MR) is 166 cm³/mol. The zero-order chi connectivity index (χ0) is 31.6. The van der Waals surface area contributed by atoms with Crippen LogP contribution in [0.1, 0.15) is 87.8 Å². The van der Waals surface area contributed by atoms with Crippen molar-refractivity contribution < 1.29 is 33.0 Å². The van der Waals surface area contributed by atoms with Crippen LogP contribution >= 0.6 is 11.9 Å². The van der Waals surface area contributed by atoms with E-state index in [0.717, 1.165) is 61.3 Å². The van der Waals surface area contributed by atoms with E-state index in [1.54, 1.807) is 11.9 Å². The van der Waals surface area contributed by atoms with Crippen LogP contribution in [0.25, 0.3) is 6.08 Å². The average Bonchev–Trinajstić information content (AvgIpc) is 3.24. The van der Waals surface area contributed by atoms with Gasteiger partial charge in [0.25, 0.3) is 5.91 Å². The van der Waals surface area contributed by atoms with Gasteiger partial charge >= 0.3 is 6.18 Å². The quantitative estimate of drug-likeness (QED) is 0.171. The number of rotatable bonds is 15. The smallest absolute Gasteiger partial charge is 0.389 e. The number of hydrogen-bond acceptors (Lipinski definition) is 7. The highest BCUT2D eigenvalue weighted by molar-refractivity contribution is 8.00. The topological polar surface area (TPSA) is 105 Å². The lowest BCUT2D eigenvalue weighted by Crippen LogP contribution is -2.47. The van der Waals surface area contributed by atoms with Crippen LogP contribution in [0.3, 0.4) is 0 Å². The first kappa shape index (κ1) is 35.1. The molecule has 8 nitrogen and oxygen atoms in total. The number of unbranched alkanes of at least 4 members (excludes halogenated alkanes) is 5. The van der Waals surface area contributed by atoms with Crippen molar-refractivity contribution >= 4 is 41.4 Å². The standard InChI is InChI=1S/C31H45F3N4O4S/c1-22-18-25(38(24(3)40)20-26(41)21-39)19-23(2)27(22)11-17-43-37-15-13-30(14-16-37)29(42)35-28(36-30)10-8-6-4-5-7-9-12-31(32,33)34/h11,17-19,26,39,41H,4-10,12-16,20-21H2,1-3H3,(H,35,36,42)/b17-11+/t26-/m0/s1. The molecule has 2 heterocycles. The van der Waals surface area contributed by atoms with Gasteiger partial charge in [0.1, 0.15) is 11.4 Å². The number of piperidine rings is 1. The van der Waals surface area contributed by atoms with E-state index in [-0.39, 0.29) is 24.8 Å². The number of halogens is 3. The first-order chi connectivity index (χ1) is 20.3.